The van der Waals surface area contributed by atoms with Crippen LogP contribution in [0.3, 0.4) is 0 Å². The molecule has 7 heteroatoms. The summed E-state index contributed by atoms with van der Waals surface area (Å²) in [5.74, 6) is 2.64. The van der Waals surface area contributed by atoms with E-state index in [1.165, 1.54) is 0 Å². The molecule has 0 saturated heterocycles. The van der Waals surface area contributed by atoms with Gasteiger partial charge in [0.05, 0.1) is 4.47 Å². The molecule has 0 aliphatic carbocycles. The zero-order chi connectivity index (χ0) is 17.1. The van der Waals surface area contributed by atoms with E-state index in [2.05, 4.69) is 31.1 Å². The van der Waals surface area contributed by atoms with Gasteiger partial charge in [0.25, 0.3) is 5.89 Å². The van der Waals surface area contributed by atoms with Crippen LogP contribution in [0.25, 0.3) is 23.1 Å². The lowest BCUT2D eigenvalue weighted by Gasteiger charge is -2.05. The lowest BCUT2D eigenvalue weighted by Crippen LogP contribution is -1.94. The van der Waals surface area contributed by atoms with Gasteiger partial charge in [-0.1, -0.05) is 12.1 Å². The van der Waals surface area contributed by atoms with Gasteiger partial charge in [-0.25, -0.2) is 0 Å². The first-order chi connectivity index (χ1) is 12.3. The van der Waals surface area contributed by atoms with Crippen molar-refractivity contribution in [2.75, 3.05) is 0 Å². The summed E-state index contributed by atoms with van der Waals surface area (Å²) in [6.45, 7) is 0.300. The van der Waals surface area contributed by atoms with Gasteiger partial charge in [-0.3, -0.25) is 4.98 Å². The molecular weight excluding hydrogens is 386 g/mol. The Morgan fingerprint density at radius 3 is 2.52 bits per heavy atom. The molecule has 0 bridgehead atoms. The summed E-state index contributed by atoms with van der Waals surface area (Å²) in [6, 6.07) is 14.8. The molecule has 4 aromatic rings. The van der Waals surface area contributed by atoms with E-state index in [1.807, 2.05) is 30.3 Å². The average molecular weight is 398 g/mol. The van der Waals surface area contributed by atoms with Gasteiger partial charge in [-0.2, -0.15) is 0 Å². The lowest BCUT2D eigenvalue weighted by atomic mass is 10.3. The third kappa shape index (κ3) is 3.46. The number of halogens is 1. The standard InChI is InChI=1S/C18H12BrN3O3/c19-14-3-1-2-4-15(14)23-11-13-5-6-16(24-13)18-22-21-17(25-18)12-7-9-20-10-8-12/h1-10H,11H2. The molecule has 0 fully saturated rings. The Balaban J connectivity index is 1.48. The number of hydrogen-bond acceptors (Lipinski definition) is 6. The number of rotatable bonds is 5. The average Bonchev–Trinajstić information content (AvgIpc) is 3.31. The lowest BCUT2D eigenvalue weighted by molar-refractivity contribution is 0.269. The Hall–Kier alpha value is -2.93. The first-order valence-corrected chi connectivity index (χ1v) is 8.29. The van der Waals surface area contributed by atoms with Crippen LogP contribution in [0.2, 0.25) is 0 Å². The predicted octanol–water partition coefficient (Wildman–Crippen LogP) is 4.73. The molecule has 0 aliphatic rings. The Bertz CT molecular complexity index is 982. The highest BCUT2D eigenvalue weighted by Gasteiger charge is 2.14. The number of pyridine rings is 1. The molecule has 0 radical (unpaired) electrons. The van der Waals surface area contributed by atoms with Gasteiger partial charge in [0.15, 0.2) is 5.76 Å². The molecule has 124 valence electrons. The summed E-state index contributed by atoms with van der Waals surface area (Å²) < 4.78 is 18.0. The molecule has 1 aromatic carbocycles. The second-order valence-electron chi connectivity index (χ2n) is 5.13. The van der Waals surface area contributed by atoms with Gasteiger partial charge in [0.2, 0.25) is 5.89 Å². The van der Waals surface area contributed by atoms with E-state index < -0.39 is 0 Å². The maximum Gasteiger partial charge on any atom is 0.283 e. The van der Waals surface area contributed by atoms with Gasteiger partial charge in [-0.05, 0) is 52.3 Å². The van der Waals surface area contributed by atoms with Crippen LogP contribution in [0.1, 0.15) is 5.76 Å². The van der Waals surface area contributed by atoms with Crippen LogP contribution < -0.4 is 4.74 Å². The number of nitrogens with zero attached hydrogens (tertiary/aromatic N) is 3. The van der Waals surface area contributed by atoms with Crippen molar-refractivity contribution in [3.8, 4) is 28.9 Å². The van der Waals surface area contributed by atoms with Gasteiger partial charge >= 0.3 is 0 Å². The van der Waals surface area contributed by atoms with E-state index in [1.54, 1.807) is 30.6 Å². The maximum absolute atomic E-state index is 5.73. The largest absolute Gasteiger partial charge is 0.484 e. The van der Waals surface area contributed by atoms with Crippen LogP contribution in [0.4, 0.5) is 0 Å². The second kappa shape index (κ2) is 6.90. The van der Waals surface area contributed by atoms with Crippen molar-refractivity contribution in [3.63, 3.8) is 0 Å². The van der Waals surface area contributed by atoms with Gasteiger partial charge in [0, 0.05) is 18.0 Å². The zero-order valence-corrected chi connectivity index (χ0v) is 14.5. The number of para-hydroxylation sites is 1. The number of ether oxygens (including phenoxy) is 1. The summed E-state index contributed by atoms with van der Waals surface area (Å²) in [7, 11) is 0. The summed E-state index contributed by atoms with van der Waals surface area (Å²) in [5, 5.41) is 8.06. The second-order valence-corrected chi connectivity index (χ2v) is 5.99. The topological polar surface area (TPSA) is 74.2 Å². The Morgan fingerprint density at radius 2 is 1.68 bits per heavy atom. The predicted molar refractivity (Wildman–Crippen MR) is 93.7 cm³/mol. The summed E-state index contributed by atoms with van der Waals surface area (Å²) in [4.78, 5) is 3.97. The molecule has 0 aliphatic heterocycles. The molecule has 25 heavy (non-hydrogen) atoms. The van der Waals surface area contributed by atoms with Crippen molar-refractivity contribution in [2.45, 2.75) is 6.61 Å². The smallest absolute Gasteiger partial charge is 0.283 e. The molecule has 0 N–H and O–H groups in total. The summed E-state index contributed by atoms with van der Waals surface area (Å²) >= 11 is 3.44. The van der Waals surface area contributed by atoms with E-state index in [9.17, 15) is 0 Å². The van der Waals surface area contributed by atoms with Crippen LogP contribution in [0.5, 0.6) is 5.75 Å². The fourth-order valence-corrected chi connectivity index (χ4v) is 2.61. The minimum atomic E-state index is 0.300. The van der Waals surface area contributed by atoms with Gasteiger partial charge < -0.3 is 13.6 Å². The first-order valence-electron chi connectivity index (χ1n) is 7.50. The fourth-order valence-electron chi connectivity index (χ4n) is 2.22. The highest BCUT2D eigenvalue weighted by atomic mass is 79.9. The minimum absolute atomic E-state index is 0.300. The van der Waals surface area contributed by atoms with Gasteiger partial charge in [-0.15, -0.1) is 10.2 Å². The van der Waals surface area contributed by atoms with E-state index in [0.717, 1.165) is 15.8 Å². The molecular formula is C18H12BrN3O3. The molecule has 0 saturated carbocycles. The van der Waals surface area contributed by atoms with Crippen molar-refractivity contribution < 1.29 is 13.6 Å². The van der Waals surface area contributed by atoms with E-state index >= 15 is 0 Å². The molecule has 0 spiro atoms. The summed E-state index contributed by atoms with van der Waals surface area (Å²) in [6.07, 6.45) is 3.34. The van der Waals surface area contributed by atoms with Crippen molar-refractivity contribution in [1.82, 2.24) is 15.2 Å². The van der Waals surface area contributed by atoms with Crippen molar-refractivity contribution >= 4 is 15.9 Å². The zero-order valence-electron chi connectivity index (χ0n) is 12.9. The Kier molecular flexibility index (Phi) is 4.30. The van der Waals surface area contributed by atoms with Crippen molar-refractivity contribution in [2.24, 2.45) is 0 Å². The van der Waals surface area contributed by atoms with Crippen molar-refractivity contribution in [1.29, 1.82) is 0 Å². The van der Waals surface area contributed by atoms with Crippen LogP contribution in [0.15, 0.2) is 74.2 Å². The normalized spacial score (nSPS) is 10.8. The van der Waals surface area contributed by atoms with Gasteiger partial charge in [0.1, 0.15) is 18.1 Å². The molecule has 4 rings (SSSR count). The number of hydrogen-bond donors (Lipinski definition) is 0. The number of furan rings is 1. The molecule has 6 nitrogen and oxygen atoms in total. The number of benzene rings is 1. The maximum atomic E-state index is 5.73. The Morgan fingerprint density at radius 1 is 0.880 bits per heavy atom. The monoisotopic (exact) mass is 397 g/mol. The van der Waals surface area contributed by atoms with Crippen molar-refractivity contribution in [3.05, 3.63) is 71.2 Å². The molecule has 0 amide bonds. The molecule has 0 atom stereocenters. The molecule has 0 unspecified atom stereocenters. The van der Waals surface area contributed by atoms with Crippen LogP contribution in [-0.4, -0.2) is 15.2 Å². The quantitative estimate of drug-likeness (QED) is 0.484. The van der Waals surface area contributed by atoms with E-state index in [0.29, 0.717) is 29.9 Å². The highest BCUT2D eigenvalue weighted by molar-refractivity contribution is 9.10. The molecule has 3 aromatic heterocycles. The number of aromatic nitrogens is 3. The van der Waals surface area contributed by atoms with Crippen LogP contribution >= 0.6 is 15.9 Å². The summed E-state index contributed by atoms with van der Waals surface area (Å²) in [5.41, 5.74) is 0.804. The first kappa shape index (κ1) is 15.6. The third-order valence-corrected chi connectivity index (χ3v) is 4.09. The fraction of sp³-hybridized carbons (Fsp3) is 0.0556. The SMILES string of the molecule is Brc1ccccc1OCc1ccc(-c2nnc(-c3ccncc3)o2)o1. The van der Waals surface area contributed by atoms with Crippen LogP contribution in [0, 0.1) is 0 Å². The highest BCUT2D eigenvalue weighted by Crippen LogP contribution is 2.27. The van der Waals surface area contributed by atoms with E-state index in [4.69, 9.17) is 13.6 Å². The van der Waals surface area contributed by atoms with Crippen LogP contribution in [-0.2, 0) is 6.61 Å². The Labute approximate surface area is 151 Å². The molecule has 3 heterocycles. The van der Waals surface area contributed by atoms with E-state index in [-0.39, 0.29) is 0 Å². The third-order valence-electron chi connectivity index (χ3n) is 3.43. The minimum Gasteiger partial charge on any atom is -0.484 e.